The van der Waals surface area contributed by atoms with Crippen LogP contribution in [-0.4, -0.2) is 13.0 Å². The number of benzene rings is 4. The van der Waals surface area contributed by atoms with Gasteiger partial charge in [-0.1, -0.05) is 66.7 Å². The second-order valence-corrected chi connectivity index (χ2v) is 7.57. The van der Waals surface area contributed by atoms with Crippen molar-refractivity contribution in [1.29, 1.82) is 0 Å². The van der Waals surface area contributed by atoms with Gasteiger partial charge in [-0.05, 0) is 47.5 Å². The van der Waals surface area contributed by atoms with Crippen LogP contribution >= 0.6 is 0 Å². The van der Waals surface area contributed by atoms with Crippen molar-refractivity contribution < 1.29 is 9.47 Å². The van der Waals surface area contributed by atoms with Crippen LogP contribution in [0.5, 0.6) is 11.5 Å². The Kier molecular flexibility index (Phi) is 7.23. The second kappa shape index (κ2) is 10.9. The number of hydrogen-bond acceptors (Lipinski definition) is 3. The number of ether oxygens (including phenoxy) is 2. The quantitative estimate of drug-likeness (QED) is 0.274. The monoisotopic (exact) mass is 437 g/mol. The first kappa shape index (κ1) is 22.0. The zero-order valence-corrected chi connectivity index (χ0v) is 18.6. The largest absolute Gasteiger partial charge is 0.489 e. The van der Waals surface area contributed by atoms with Crippen LogP contribution in [0.4, 0.5) is 11.4 Å². The molecule has 0 amide bonds. The molecule has 0 fully saturated rings. The summed E-state index contributed by atoms with van der Waals surface area (Å²) in [5.41, 5.74) is 10.2. The molecule has 4 aromatic rings. The molecule has 0 saturated carbocycles. The van der Waals surface area contributed by atoms with Gasteiger partial charge in [0.2, 0.25) is 5.96 Å². The highest BCUT2D eigenvalue weighted by molar-refractivity contribution is 5.95. The van der Waals surface area contributed by atoms with E-state index in [-0.39, 0.29) is 0 Å². The van der Waals surface area contributed by atoms with E-state index < -0.39 is 0 Å². The van der Waals surface area contributed by atoms with Crippen molar-refractivity contribution in [2.45, 2.75) is 13.2 Å². The van der Waals surface area contributed by atoms with E-state index in [0.717, 1.165) is 34.0 Å². The number of nitrogens with zero attached hydrogens (tertiary/aromatic N) is 2. The highest BCUT2D eigenvalue weighted by Gasteiger charge is 2.07. The molecule has 4 rings (SSSR count). The van der Waals surface area contributed by atoms with Gasteiger partial charge in [0.15, 0.2) is 0 Å². The van der Waals surface area contributed by atoms with Crippen molar-refractivity contribution in [3.8, 4) is 11.5 Å². The van der Waals surface area contributed by atoms with Crippen LogP contribution in [0, 0.1) is 0 Å². The molecule has 5 nitrogen and oxygen atoms in total. The molecule has 0 aromatic heterocycles. The maximum Gasteiger partial charge on any atom is 0.200 e. The molecule has 0 radical (unpaired) electrons. The molecule has 33 heavy (non-hydrogen) atoms. The first-order valence-electron chi connectivity index (χ1n) is 10.8. The van der Waals surface area contributed by atoms with Crippen LogP contribution < -0.4 is 20.1 Å². The SMILES string of the molecule is CN(C(N)=Nc1cccc(OCc2ccccc2)c1)c1ccc(OCc2ccccc2)cc1. The molecule has 166 valence electrons. The van der Waals surface area contributed by atoms with Crippen molar-refractivity contribution in [2.75, 3.05) is 11.9 Å². The lowest BCUT2D eigenvalue weighted by Crippen LogP contribution is -2.33. The second-order valence-electron chi connectivity index (χ2n) is 7.57. The summed E-state index contributed by atoms with van der Waals surface area (Å²) in [6.07, 6.45) is 0. The highest BCUT2D eigenvalue weighted by atomic mass is 16.5. The number of anilines is 1. The first-order chi connectivity index (χ1) is 16.2. The van der Waals surface area contributed by atoms with Gasteiger partial charge in [0.1, 0.15) is 24.7 Å². The van der Waals surface area contributed by atoms with Gasteiger partial charge < -0.3 is 20.1 Å². The van der Waals surface area contributed by atoms with E-state index in [1.165, 1.54) is 0 Å². The average molecular weight is 438 g/mol. The molecule has 5 heteroatoms. The van der Waals surface area contributed by atoms with Crippen LogP contribution in [-0.2, 0) is 13.2 Å². The maximum absolute atomic E-state index is 6.27. The van der Waals surface area contributed by atoms with Gasteiger partial charge in [-0.15, -0.1) is 0 Å². The molecule has 4 aromatic carbocycles. The molecule has 0 bridgehead atoms. The van der Waals surface area contributed by atoms with Crippen molar-refractivity contribution in [3.05, 3.63) is 120 Å². The third-order valence-corrected chi connectivity index (χ3v) is 5.13. The lowest BCUT2D eigenvalue weighted by atomic mass is 10.2. The van der Waals surface area contributed by atoms with Crippen molar-refractivity contribution in [3.63, 3.8) is 0 Å². The molecule has 0 atom stereocenters. The van der Waals surface area contributed by atoms with Crippen molar-refractivity contribution in [1.82, 2.24) is 0 Å². The summed E-state index contributed by atoms with van der Waals surface area (Å²) in [6, 6.07) is 35.5. The van der Waals surface area contributed by atoms with Crippen LogP contribution in [0.3, 0.4) is 0 Å². The lowest BCUT2D eigenvalue weighted by Gasteiger charge is -2.18. The minimum atomic E-state index is 0.383. The Labute approximate surface area is 194 Å². The third-order valence-electron chi connectivity index (χ3n) is 5.13. The summed E-state index contributed by atoms with van der Waals surface area (Å²) in [5, 5.41) is 0. The van der Waals surface area contributed by atoms with Crippen LogP contribution in [0.1, 0.15) is 11.1 Å². The minimum Gasteiger partial charge on any atom is -0.489 e. The van der Waals surface area contributed by atoms with Gasteiger partial charge in [-0.3, -0.25) is 0 Å². The Morgan fingerprint density at radius 1 is 0.697 bits per heavy atom. The molecule has 0 saturated heterocycles. The summed E-state index contributed by atoms with van der Waals surface area (Å²) in [5.74, 6) is 1.93. The van der Waals surface area contributed by atoms with E-state index in [1.807, 2.05) is 121 Å². The molecule has 0 aliphatic carbocycles. The predicted molar refractivity (Wildman–Crippen MR) is 134 cm³/mol. The van der Waals surface area contributed by atoms with E-state index in [2.05, 4.69) is 4.99 Å². The average Bonchev–Trinajstić information content (AvgIpc) is 2.87. The Hall–Kier alpha value is -4.25. The normalized spacial score (nSPS) is 11.1. The predicted octanol–water partition coefficient (Wildman–Crippen LogP) is 5.93. The summed E-state index contributed by atoms with van der Waals surface area (Å²) < 4.78 is 11.7. The van der Waals surface area contributed by atoms with E-state index in [1.54, 1.807) is 0 Å². The van der Waals surface area contributed by atoms with Gasteiger partial charge in [0, 0.05) is 18.8 Å². The Balaban J connectivity index is 1.37. The molecule has 0 aliphatic rings. The molecule has 0 spiro atoms. The number of hydrogen-bond donors (Lipinski definition) is 1. The number of guanidine groups is 1. The van der Waals surface area contributed by atoms with Gasteiger partial charge in [0.25, 0.3) is 0 Å². The van der Waals surface area contributed by atoms with Crippen LogP contribution in [0.15, 0.2) is 114 Å². The van der Waals surface area contributed by atoms with E-state index in [4.69, 9.17) is 15.2 Å². The molecule has 0 aliphatic heterocycles. The summed E-state index contributed by atoms with van der Waals surface area (Å²) in [6.45, 7) is 1.03. The topological polar surface area (TPSA) is 60.1 Å². The van der Waals surface area contributed by atoms with Crippen LogP contribution in [0.25, 0.3) is 0 Å². The van der Waals surface area contributed by atoms with E-state index in [9.17, 15) is 0 Å². The maximum atomic E-state index is 6.27. The molecule has 0 heterocycles. The third kappa shape index (κ3) is 6.37. The fraction of sp³-hybridized carbons (Fsp3) is 0.107. The number of aliphatic imine (C=N–C) groups is 1. The minimum absolute atomic E-state index is 0.383. The fourth-order valence-electron chi connectivity index (χ4n) is 3.23. The zero-order valence-electron chi connectivity index (χ0n) is 18.6. The lowest BCUT2D eigenvalue weighted by molar-refractivity contribution is 0.306. The van der Waals surface area contributed by atoms with Gasteiger partial charge in [-0.2, -0.15) is 0 Å². The smallest absolute Gasteiger partial charge is 0.200 e. The molecule has 2 N–H and O–H groups in total. The van der Waals surface area contributed by atoms with Crippen molar-refractivity contribution >= 4 is 17.3 Å². The van der Waals surface area contributed by atoms with Gasteiger partial charge in [-0.25, -0.2) is 4.99 Å². The van der Waals surface area contributed by atoms with E-state index >= 15 is 0 Å². The summed E-state index contributed by atoms with van der Waals surface area (Å²) in [4.78, 5) is 6.39. The Bertz CT molecular complexity index is 1180. The molecular weight excluding hydrogens is 410 g/mol. The Morgan fingerprint density at radius 3 is 1.88 bits per heavy atom. The Morgan fingerprint density at radius 2 is 1.27 bits per heavy atom. The number of rotatable bonds is 8. The van der Waals surface area contributed by atoms with Crippen LogP contribution in [0.2, 0.25) is 0 Å². The summed E-state index contributed by atoms with van der Waals surface area (Å²) in [7, 11) is 1.88. The van der Waals surface area contributed by atoms with Gasteiger partial charge >= 0.3 is 0 Å². The highest BCUT2D eigenvalue weighted by Crippen LogP contribution is 2.23. The van der Waals surface area contributed by atoms with Gasteiger partial charge in [0.05, 0.1) is 5.69 Å². The molecule has 0 unspecified atom stereocenters. The first-order valence-corrected chi connectivity index (χ1v) is 10.8. The van der Waals surface area contributed by atoms with Crippen molar-refractivity contribution in [2.24, 2.45) is 10.7 Å². The van der Waals surface area contributed by atoms with E-state index in [0.29, 0.717) is 19.2 Å². The standard InChI is InChI=1S/C28H27N3O2/c1-31(25-15-17-26(18-16-25)32-20-22-9-4-2-5-10-22)28(29)30-24-13-8-14-27(19-24)33-21-23-11-6-3-7-12-23/h2-19H,20-21H2,1H3,(H2,29,30). The fourth-order valence-corrected chi connectivity index (χ4v) is 3.23. The molecular formula is C28H27N3O2. The zero-order chi connectivity index (χ0) is 22.9. The number of nitrogens with two attached hydrogens (primary N) is 1. The summed E-state index contributed by atoms with van der Waals surface area (Å²) >= 11 is 0.